The first-order chi connectivity index (χ1) is 9.08. The van der Waals surface area contributed by atoms with Crippen molar-refractivity contribution >= 4 is 0 Å². The van der Waals surface area contributed by atoms with Crippen molar-refractivity contribution < 1.29 is 15.3 Å². The van der Waals surface area contributed by atoms with Crippen LogP contribution in [-0.2, 0) is 0 Å². The average Bonchev–Trinajstić information content (AvgIpc) is 2.35. The highest BCUT2D eigenvalue weighted by Crippen LogP contribution is 2.42. The first kappa shape index (κ1) is 15.3. The zero-order valence-electron chi connectivity index (χ0n) is 12.1. The Bertz CT molecular complexity index is 271. The fourth-order valence-corrected chi connectivity index (χ4v) is 3.96. The van der Waals surface area contributed by atoms with Crippen molar-refractivity contribution in [3.05, 3.63) is 0 Å². The smallest absolute Gasteiger partial charge is 0.119 e. The fourth-order valence-electron chi connectivity index (χ4n) is 3.96. The van der Waals surface area contributed by atoms with Crippen molar-refractivity contribution in [3.63, 3.8) is 0 Å². The van der Waals surface area contributed by atoms with Crippen molar-refractivity contribution in [2.75, 3.05) is 0 Å². The largest absolute Gasteiger partial charge is 0.390 e. The van der Waals surface area contributed by atoms with Crippen molar-refractivity contribution in [2.24, 2.45) is 0 Å². The maximum Gasteiger partial charge on any atom is 0.119 e. The number of hydrogen-bond donors (Lipinski definition) is 3. The maximum atomic E-state index is 11.0. The molecule has 0 aromatic carbocycles. The summed E-state index contributed by atoms with van der Waals surface area (Å²) in [5.41, 5.74) is -2.37. The second-order valence-corrected chi connectivity index (χ2v) is 6.69. The zero-order valence-corrected chi connectivity index (χ0v) is 12.1. The highest BCUT2D eigenvalue weighted by atomic mass is 16.4. The number of aliphatic hydroxyl groups is 3. The molecule has 112 valence electrons. The Morgan fingerprint density at radius 2 is 1.11 bits per heavy atom. The number of aliphatic hydroxyl groups excluding tert-OH is 1. The van der Waals surface area contributed by atoms with Gasteiger partial charge in [-0.1, -0.05) is 57.8 Å². The summed E-state index contributed by atoms with van der Waals surface area (Å²) in [4.78, 5) is 0. The topological polar surface area (TPSA) is 60.7 Å². The Morgan fingerprint density at radius 3 is 1.74 bits per heavy atom. The lowest BCUT2D eigenvalue weighted by Gasteiger charge is -2.48. The lowest BCUT2D eigenvalue weighted by Crippen LogP contribution is -2.61. The molecule has 0 amide bonds. The molecule has 2 atom stereocenters. The van der Waals surface area contributed by atoms with Crippen LogP contribution in [-0.4, -0.2) is 32.6 Å². The molecule has 3 heteroatoms. The highest BCUT2D eigenvalue weighted by molar-refractivity contribution is 5.04. The van der Waals surface area contributed by atoms with Gasteiger partial charge in [0, 0.05) is 0 Å². The Morgan fingerprint density at radius 1 is 0.632 bits per heavy atom. The first-order valence-corrected chi connectivity index (χ1v) is 8.21. The van der Waals surface area contributed by atoms with Gasteiger partial charge in [0.2, 0.25) is 0 Å². The predicted octanol–water partition coefficient (Wildman–Crippen LogP) is 2.91. The summed E-state index contributed by atoms with van der Waals surface area (Å²) in [5.74, 6) is 0. The van der Waals surface area contributed by atoms with Gasteiger partial charge in [-0.3, -0.25) is 0 Å². The molecule has 0 aromatic rings. The normalized spacial score (nSPS) is 37.7. The van der Waals surface area contributed by atoms with Gasteiger partial charge in [-0.25, -0.2) is 0 Å². The van der Waals surface area contributed by atoms with E-state index in [9.17, 15) is 15.3 Å². The molecule has 3 nitrogen and oxygen atoms in total. The molecule has 2 aliphatic carbocycles. The Labute approximate surface area is 117 Å². The Kier molecular flexibility index (Phi) is 5.27. The van der Waals surface area contributed by atoms with Crippen LogP contribution in [0.3, 0.4) is 0 Å². The quantitative estimate of drug-likeness (QED) is 0.686. The van der Waals surface area contributed by atoms with E-state index in [4.69, 9.17) is 0 Å². The molecular weight excluding hydrogens is 240 g/mol. The minimum Gasteiger partial charge on any atom is -0.390 e. The summed E-state index contributed by atoms with van der Waals surface area (Å²) in [5, 5.41) is 32.5. The Balaban J connectivity index is 2.16. The van der Waals surface area contributed by atoms with Crippen LogP contribution in [0, 0.1) is 0 Å². The van der Waals surface area contributed by atoms with Crippen LogP contribution in [0.15, 0.2) is 0 Å². The van der Waals surface area contributed by atoms with E-state index in [2.05, 4.69) is 0 Å². The molecule has 0 radical (unpaired) electrons. The van der Waals surface area contributed by atoms with E-state index < -0.39 is 17.3 Å². The monoisotopic (exact) mass is 270 g/mol. The van der Waals surface area contributed by atoms with Crippen LogP contribution in [0.4, 0.5) is 0 Å². The summed E-state index contributed by atoms with van der Waals surface area (Å²) in [6.07, 6.45) is 11.2. The third-order valence-corrected chi connectivity index (χ3v) is 5.32. The average molecular weight is 270 g/mol. The SMILES string of the molecule is OC1CCCCCCC1(O)C1(O)CCCCCCC1. The van der Waals surface area contributed by atoms with Gasteiger partial charge in [0.25, 0.3) is 0 Å². The van der Waals surface area contributed by atoms with Gasteiger partial charge in [0.05, 0.1) is 11.7 Å². The molecule has 0 bridgehead atoms. The molecule has 0 heterocycles. The molecule has 2 saturated carbocycles. The molecule has 0 spiro atoms. The van der Waals surface area contributed by atoms with Crippen LogP contribution in [0.25, 0.3) is 0 Å². The minimum absolute atomic E-state index is 0.546. The van der Waals surface area contributed by atoms with E-state index >= 15 is 0 Å². The van der Waals surface area contributed by atoms with Crippen molar-refractivity contribution in [2.45, 2.75) is 101 Å². The zero-order chi connectivity index (χ0) is 13.8. The van der Waals surface area contributed by atoms with E-state index in [0.717, 1.165) is 51.4 Å². The molecule has 0 aromatic heterocycles. The summed E-state index contributed by atoms with van der Waals surface area (Å²) >= 11 is 0. The second kappa shape index (κ2) is 6.55. The predicted molar refractivity (Wildman–Crippen MR) is 75.9 cm³/mol. The fraction of sp³-hybridized carbons (Fsp3) is 1.00. The number of rotatable bonds is 1. The molecule has 19 heavy (non-hydrogen) atoms. The highest BCUT2D eigenvalue weighted by Gasteiger charge is 2.52. The van der Waals surface area contributed by atoms with Crippen LogP contribution in [0.1, 0.15) is 83.5 Å². The van der Waals surface area contributed by atoms with Gasteiger partial charge >= 0.3 is 0 Å². The molecule has 2 rings (SSSR count). The summed E-state index contributed by atoms with van der Waals surface area (Å²) in [7, 11) is 0. The molecule has 2 aliphatic rings. The van der Waals surface area contributed by atoms with E-state index in [1.165, 1.54) is 6.42 Å². The molecule has 2 fully saturated rings. The third kappa shape index (κ3) is 3.32. The molecular formula is C16H30O3. The lowest BCUT2D eigenvalue weighted by atomic mass is 9.67. The van der Waals surface area contributed by atoms with Gasteiger partial charge in [0.1, 0.15) is 5.60 Å². The maximum absolute atomic E-state index is 11.0. The lowest BCUT2D eigenvalue weighted by molar-refractivity contribution is -0.218. The molecule has 2 unspecified atom stereocenters. The summed E-state index contributed by atoms with van der Waals surface area (Å²) in [6, 6.07) is 0. The standard InChI is InChI=1S/C16H30O3/c17-14-10-6-2-5-9-13-16(14,19)15(18)11-7-3-1-4-8-12-15/h14,17-19H,1-13H2. The van der Waals surface area contributed by atoms with Crippen LogP contribution >= 0.6 is 0 Å². The molecule has 3 N–H and O–H groups in total. The van der Waals surface area contributed by atoms with Gasteiger partial charge in [0.15, 0.2) is 0 Å². The van der Waals surface area contributed by atoms with Crippen molar-refractivity contribution in [1.29, 1.82) is 0 Å². The Hall–Kier alpha value is -0.120. The first-order valence-electron chi connectivity index (χ1n) is 8.21. The van der Waals surface area contributed by atoms with Crippen molar-refractivity contribution in [1.82, 2.24) is 0 Å². The van der Waals surface area contributed by atoms with Gasteiger partial charge in [-0.15, -0.1) is 0 Å². The summed E-state index contributed by atoms with van der Waals surface area (Å²) < 4.78 is 0. The summed E-state index contributed by atoms with van der Waals surface area (Å²) in [6.45, 7) is 0. The second-order valence-electron chi connectivity index (χ2n) is 6.69. The molecule has 0 saturated heterocycles. The molecule has 0 aliphatic heterocycles. The third-order valence-electron chi connectivity index (χ3n) is 5.32. The minimum atomic E-state index is -1.29. The van der Waals surface area contributed by atoms with E-state index in [1.807, 2.05) is 0 Å². The van der Waals surface area contributed by atoms with Crippen LogP contribution < -0.4 is 0 Å². The van der Waals surface area contributed by atoms with E-state index in [1.54, 1.807) is 0 Å². The van der Waals surface area contributed by atoms with Crippen molar-refractivity contribution in [3.8, 4) is 0 Å². The van der Waals surface area contributed by atoms with Gasteiger partial charge < -0.3 is 15.3 Å². The van der Waals surface area contributed by atoms with Crippen LogP contribution in [0.2, 0.25) is 0 Å². The van der Waals surface area contributed by atoms with Gasteiger partial charge in [-0.2, -0.15) is 0 Å². The van der Waals surface area contributed by atoms with Crippen LogP contribution in [0.5, 0.6) is 0 Å². The number of hydrogen-bond acceptors (Lipinski definition) is 3. The van der Waals surface area contributed by atoms with Gasteiger partial charge in [-0.05, 0) is 25.7 Å². The van der Waals surface area contributed by atoms with E-state index in [-0.39, 0.29) is 0 Å². The van der Waals surface area contributed by atoms with E-state index in [0.29, 0.717) is 25.7 Å².